The van der Waals surface area contributed by atoms with E-state index in [1.165, 1.54) is 43.5 Å². The standard InChI is InChI=1S/C26H36N2O2/c1-19-7-6-10-26(2)16-24-21(15-23(19)26)22(25(29)30-24)18-28-13-11-27(12-14-28)17-20-8-4-3-5-9-20/h3-5,8-9,21-24H,1,6-7,10-18H2,2H3/p+2/t21-,22-,23+,24-,26-/m1/s1. The van der Waals surface area contributed by atoms with Gasteiger partial charge in [0.15, 0.2) is 0 Å². The second kappa shape index (κ2) is 8.12. The van der Waals surface area contributed by atoms with E-state index in [1.807, 2.05) is 0 Å². The van der Waals surface area contributed by atoms with Crippen LogP contribution in [0.4, 0.5) is 0 Å². The second-order valence-electron chi connectivity index (χ2n) is 10.8. The minimum absolute atomic E-state index is 0.0874. The maximum absolute atomic E-state index is 12.8. The summed E-state index contributed by atoms with van der Waals surface area (Å²) in [6.07, 6.45) is 6.01. The minimum Gasteiger partial charge on any atom is -0.462 e. The fraction of sp³-hybridized carbons (Fsp3) is 0.654. The molecule has 1 aromatic carbocycles. The fourth-order valence-electron chi connectivity index (χ4n) is 7.02. The highest BCUT2D eigenvalue weighted by molar-refractivity contribution is 5.75. The number of rotatable bonds is 4. The number of esters is 1. The van der Waals surface area contributed by atoms with Crippen molar-refractivity contribution in [1.82, 2.24) is 0 Å². The summed E-state index contributed by atoms with van der Waals surface area (Å²) in [5.41, 5.74) is 3.16. The van der Waals surface area contributed by atoms with Gasteiger partial charge in [0.1, 0.15) is 44.7 Å². The van der Waals surface area contributed by atoms with Crippen molar-refractivity contribution in [3.8, 4) is 0 Å². The summed E-state index contributed by atoms with van der Waals surface area (Å²) in [7, 11) is 0. The Bertz CT molecular complexity index is 785. The molecule has 2 saturated heterocycles. The number of carbonyl (C=O) groups is 1. The Morgan fingerprint density at radius 3 is 2.63 bits per heavy atom. The van der Waals surface area contributed by atoms with E-state index < -0.39 is 0 Å². The molecule has 2 saturated carbocycles. The van der Waals surface area contributed by atoms with Gasteiger partial charge in [-0.15, -0.1) is 0 Å². The highest BCUT2D eigenvalue weighted by Gasteiger charge is 2.56. The van der Waals surface area contributed by atoms with Gasteiger partial charge in [-0.2, -0.15) is 0 Å². The highest BCUT2D eigenvalue weighted by Crippen LogP contribution is 2.56. The lowest BCUT2D eigenvalue weighted by atomic mass is 9.55. The van der Waals surface area contributed by atoms with Crippen molar-refractivity contribution in [2.24, 2.45) is 23.2 Å². The molecular formula is C26H38N2O2+2. The van der Waals surface area contributed by atoms with Gasteiger partial charge in [-0.1, -0.05) is 49.4 Å². The topological polar surface area (TPSA) is 35.2 Å². The molecular weight excluding hydrogens is 372 g/mol. The predicted octanol–water partition coefficient (Wildman–Crippen LogP) is 1.28. The molecule has 2 heterocycles. The van der Waals surface area contributed by atoms with Crippen molar-refractivity contribution in [2.45, 2.75) is 51.7 Å². The number of ether oxygens (including phenoxy) is 1. The minimum atomic E-state index is 0.0874. The molecule has 0 radical (unpaired) electrons. The lowest BCUT2D eigenvalue weighted by molar-refractivity contribution is -1.02. The molecule has 162 valence electrons. The normalized spacial score (nSPS) is 41.1. The summed E-state index contributed by atoms with van der Waals surface area (Å²) in [4.78, 5) is 16.1. The first-order chi connectivity index (χ1) is 14.5. The molecule has 0 aromatic heterocycles. The van der Waals surface area contributed by atoms with Gasteiger partial charge in [-0.3, -0.25) is 4.79 Å². The first-order valence-electron chi connectivity index (χ1n) is 12.1. The summed E-state index contributed by atoms with van der Waals surface area (Å²) in [5.74, 6) is 1.18. The van der Waals surface area contributed by atoms with Crippen LogP contribution in [-0.4, -0.2) is 44.8 Å². The third-order valence-electron chi connectivity index (χ3n) is 8.79. The lowest BCUT2D eigenvalue weighted by Gasteiger charge is -2.50. The fourth-order valence-corrected chi connectivity index (χ4v) is 7.02. The van der Waals surface area contributed by atoms with E-state index in [0.717, 1.165) is 39.0 Å². The van der Waals surface area contributed by atoms with Crippen LogP contribution in [-0.2, 0) is 16.1 Å². The van der Waals surface area contributed by atoms with Crippen LogP contribution >= 0.6 is 0 Å². The van der Waals surface area contributed by atoms with Crippen molar-refractivity contribution in [3.63, 3.8) is 0 Å². The quantitative estimate of drug-likeness (QED) is 0.580. The molecule has 1 aromatic rings. The predicted molar refractivity (Wildman–Crippen MR) is 117 cm³/mol. The molecule has 0 spiro atoms. The van der Waals surface area contributed by atoms with E-state index in [0.29, 0.717) is 17.3 Å². The van der Waals surface area contributed by atoms with Crippen molar-refractivity contribution in [3.05, 3.63) is 48.0 Å². The van der Waals surface area contributed by atoms with E-state index in [1.54, 1.807) is 9.80 Å². The van der Waals surface area contributed by atoms with Gasteiger partial charge in [0.2, 0.25) is 0 Å². The molecule has 5 atom stereocenters. The number of allylic oxidation sites excluding steroid dienone is 1. The van der Waals surface area contributed by atoms with Gasteiger partial charge >= 0.3 is 5.97 Å². The summed E-state index contributed by atoms with van der Waals surface area (Å²) < 4.78 is 5.98. The number of hydrogen-bond acceptors (Lipinski definition) is 2. The Morgan fingerprint density at radius 2 is 1.87 bits per heavy atom. The van der Waals surface area contributed by atoms with Gasteiger partial charge in [0.05, 0.1) is 6.54 Å². The Hall–Kier alpha value is -1.65. The van der Waals surface area contributed by atoms with Crippen LogP contribution in [0.15, 0.2) is 42.5 Å². The number of carbonyl (C=O) groups excluding carboxylic acids is 1. The van der Waals surface area contributed by atoms with Gasteiger partial charge in [0.25, 0.3) is 0 Å². The van der Waals surface area contributed by atoms with Crippen LogP contribution in [0.2, 0.25) is 0 Å². The average molecular weight is 411 g/mol. The summed E-state index contributed by atoms with van der Waals surface area (Å²) in [5, 5.41) is 0. The molecule has 4 heteroatoms. The number of nitrogens with one attached hydrogen (secondary N) is 2. The Morgan fingerprint density at radius 1 is 1.13 bits per heavy atom. The molecule has 0 unspecified atom stereocenters. The molecule has 2 N–H and O–H groups in total. The van der Waals surface area contributed by atoms with Crippen LogP contribution in [0.25, 0.3) is 0 Å². The van der Waals surface area contributed by atoms with Crippen LogP contribution < -0.4 is 9.80 Å². The van der Waals surface area contributed by atoms with Crippen molar-refractivity contribution >= 4 is 5.97 Å². The molecule has 4 fully saturated rings. The van der Waals surface area contributed by atoms with Gasteiger partial charge in [0, 0.05) is 11.5 Å². The van der Waals surface area contributed by atoms with Crippen LogP contribution in [0, 0.1) is 23.2 Å². The smallest absolute Gasteiger partial charge is 0.315 e. The maximum Gasteiger partial charge on any atom is 0.315 e. The second-order valence-corrected chi connectivity index (χ2v) is 10.8. The Labute approximate surface area is 181 Å². The van der Waals surface area contributed by atoms with E-state index in [4.69, 9.17) is 4.74 Å². The zero-order valence-electron chi connectivity index (χ0n) is 18.5. The summed E-state index contributed by atoms with van der Waals surface area (Å²) in [6, 6.07) is 10.8. The largest absolute Gasteiger partial charge is 0.462 e. The monoisotopic (exact) mass is 410 g/mol. The van der Waals surface area contributed by atoms with E-state index >= 15 is 0 Å². The van der Waals surface area contributed by atoms with Crippen molar-refractivity contribution in [1.29, 1.82) is 0 Å². The first-order valence-corrected chi connectivity index (χ1v) is 12.1. The summed E-state index contributed by atoms with van der Waals surface area (Å²) >= 11 is 0. The molecule has 0 amide bonds. The molecule has 0 bridgehead atoms. The van der Waals surface area contributed by atoms with E-state index in [-0.39, 0.29) is 18.0 Å². The van der Waals surface area contributed by atoms with Crippen molar-refractivity contribution in [2.75, 3.05) is 32.7 Å². The molecule has 4 aliphatic rings. The average Bonchev–Trinajstić information content (AvgIpc) is 3.02. The van der Waals surface area contributed by atoms with Crippen molar-refractivity contribution < 1.29 is 19.3 Å². The molecule has 30 heavy (non-hydrogen) atoms. The number of hydrogen-bond donors (Lipinski definition) is 2. The van der Waals surface area contributed by atoms with E-state index in [9.17, 15) is 4.79 Å². The molecule has 4 nitrogen and oxygen atoms in total. The maximum atomic E-state index is 12.8. The first kappa shape index (κ1) is 20.3. The molecule has 2 aliphatic heterocycles. The third kappa shape index (κ3) is 3.85. The third-order valence-corrected chi connectivity index (χ3v) is 8.79. The Kier molecular flexibility index (Phi) is 5.49. The number of benzene rings is 1. The number of quaternary nitrogens is 2. The summed E-state index contributed by atoms with van der Waals surface area (Å²) in [6.45, 7) is 13.6. The number of piperazine rings is 1. The van der Waals surface area contributed by atoms with Gasteiger partial charge in [-0.05, 0) is 43.4 Å². The highest BCUT2D eigenvalue weighted by atomic mass is 16.6. The molecule has 2 aliphatic carbocycles. The van der Waals surface area contributed by atoms with Crippen LogP contribution in [0.3, 0.4) is 0 Å². The number of fused-ring (bicyclic) bond motifs is 2. The molecule has 5 rings (SSSR count). The SMILES string of the molecule is C=C1CCC[C@]2(C)C[C@H]3OC(=O)[C@H](C[NH+]4CC[NH+](Cc5ccccc5)CC4)[C@H]3C[C@@H]12. The zero-order chi connectivity index (χ0) is 20.7. The zero-order valence-corrected chi connectivity index (χ0v) is 18.5. The lowest BCUT2D eigenvalue weighted by Crippen LogP contribution is -3.27. The van der Waals surface area contributed by atoms with Crippen LogP contribution in [0.5, 0.6) is 0 Å². The Balaban J connectivity index is 1.19. The van der Waals surface area contributed by atoms with E-state index in [2.05, 4.69) is 43.8 Å². The van der Waals surface area contributed by atoms with Gasteiger partial charge < -0.3 is 14.5 Å². The van der Waals surface area contributed by atoms with Crippen LogP contribution in [0.1, 0.15) is 44.6 Å². The van der Waals surface area contributed by atoms with Gasteiger partial charge in [-0.25, -0.2) is 0 Å².